The van der Waals surface area contributed by atoms with E-state index in [9.17, 15) is 0 Å². The third-order valence-electron chi connectivity index (χ3n) is 4.94. The van der Waals surface area contributed by atoms with Gasteiger partial charge in [0.15, 0.2) is 0 Å². The van der Waals surface area contributed by atoms with Crippen molar-refractivity contribution in [2.45, 2.75) is 92.2 Å². The summed E-state index contributed by atoms with van der Waals surface area (Å²) in [6, 6.07) is 1.45. The molecule has 1 rings (SSSR count). The highest BCUT2D eigenvalue weighted by molar-refractivity contribution is 4.87. The molecule has 1 aliphatic carbocycles. The summed E-state index contributed by atoms with van der Waals surface area (Å²) in [6.07, 6.45) is 8.27. The summed E-state index contributed by atoms with van der Waals surface area (Å²) < 4.78 is 0. The molecule has 2 heteroatoms. The van der Waals surface area contributed by atoms with Gasteiger partial charge < -0.3 is 5.32 Å². The minimum absolute atomic E-state index is 0.337. The van der Waals surface area contributed by atoms with Gasteiger partial charge in [-0.25, -0.2) is 0 Å². The van der Waals surface area contributed by atoms with Crippen molar-refractivity contribution in [2.75, 3.05) is 19.6 Å². The Morgan fingerprint density at radius 2 is 1.76 bits per heavy atom. The van der Waals surface area contributed by atoms with Gasteiger partial charge in [0.25, 0.3) is 0 Å². The van der Waals surface area contributed by atoms with E-state index in [2.05, 4.69) is 51.8 Å². The predicted molar refractivity (Wildman–Crippen MR) is 94.8 cm³/mol. The molecule has 1 aliphatic rings. The zero-order valence-corrected chi connectivity index (χ0v) is 15.5. The molecule has 0 heterocycles. The van der Waals surface area contributed by atoms with Crippen LogP contribution in [0.2, 0.25) is 0 Å². The zero-order chi connectivity index (χ0) is 15.9. The fourth-order valence-corrected chi connectivity index (χ4v) is 3.31. The van der Waals surface area contributed by atoms with Crippen molar-refractivity contribution in [3.05, 3.63) is 0 Å². The molecule has 1 fully saturated rings. The van der Waals surface area contributed by atoms with Crippen LogP contribution in [0.15, 0.2) is 0 Å². The van der Waals surface area contributed by atoms with E-state index in [-0.39, 0.29) is 0 Å². The number of hydrogen-bond acceptors (Lipinski definition) is 2. The molecule has 0 aromatic rings. The normalized spacial score (nSPS) is 18.9. The molecule has 1 N–H and O–H groups in total. The largest absolute Gasteiger partial charge is 0.312 e. The summed E-state index contributed by atoms with van der Waals surface area (Å²) in [5, 5.41) is 3.81. The number of nitrogens with one attached hydrogen (secondary N) is 1. The monoisotopic (exact) mass is 296 g/mol. The molecule has 21 heavy (non-hydrogen) atoms. The van der Waals surface area contributed by atoms with Gasteiger partial charge in [0, 0.05) is 18.6 Å². The van der Waals surface area contributed by atoms with Gasteiger partial charge in [-0.15, -0.1) is 0 Å². The van der Waals surface area contributed by atoms with E-state index in [1.54, 1.807) is 0 Å². The third kappa shape index (κ3) is 7.15. The van der Waals surface area contributed by atoms with Crippen molar-refractivity contribution in [2.24, 2.45) is 11.3 Å². The van der Waals surface area contributed by atoms with Crippen LogP contribution in [0.3, 0.4) is 0 Å². The molecular formula is C19H40N2. The van der Waals surface area contributed by atoms with Crippen LogP contribution in [0.4, 0.5) is 0 Å². The highest BCUT2D eigenvalue weighted by Gasteiger charge is 2.30. The summed E-state index contributed by atoms with van der Waals surface area (Å²) in [5.41, 5.74) is 0.337. The van der Waals surface area contributed by atoms with Crippen molar-refractivity contribution in [3.8, 4) is 0 Å². The molecule has 0 aromatic heterocycles. The lowest BCUT2D eigenvalue weighted by Crippen LogP contribution is -2.51. The molecule has 0 spiro atoms. The first-order chi connectivity index (χ1) is 9.84. The quantitative estimate of drug-likeness (QED) is 0.664. The van der Waals surface area contributed by atoms with E-state index >= 15 is 0 Å². The van der Waals surface area contributed by atoms with Crippen LogP contribution in [0.1, 0.15) is 80.1 Å². The van der Waals surface area contributed by atoms with Gasteiger partial charge in [-0.2, -0.15) is 0 Å². The zero-order valence-electron chi connectivity index (χ0n) is 15.5. The van der Waals surface area contributed by atoms with Gasteiger partial charge in [0.1, 0.15) is 0 Å². The van der Waals surface area contributed by atoms with Crippen molar-refractivity contribution in [1.82, 2.24) is 10.2 Å². The SMILES string of the molecule is CCCNC(CN(CCC(C)C)C1CCCC1)C(C)(C)C. The molecule has 0 aromatic carbocycles. The number of nitrogens with zero attached hydrogens (tertiary/aromatic N) is 1. The summed E-state index contributed by atoms with van der Waals surface area (Å²) >= 11 is 0. The predicted octanol–water partition coefficient (Wildman–Crippen LogP) is 4.69. The van der Waals surface area contributed by atoms with Crippen LogP contribution < -0.4 is 5.32 Å². The standard InChI is InChI=1S/C19H40N2/c1-7-13-20-18(19(4,5)6)15-21(14-12-16(2)3)17-10-8-9-11-17/h16-18,20H,7-15H2,1-6H3. The van der Waals surface area contributed by atoms with E-state index in [0.29, 0.717) is 11.5 Å². The van der Waals surface area contributed by atoms with Crippen LogP contribution in [-0.2, 0) is 0 Å². The Kier molecular flexibility index (Phi) is 8.26. The van der Waals surface area contributed by atoms with Gasteiger partial charge in [0.2, 0.25) is 0 Å². The van der Waals surface area contributed by atoms with E-state index in [4.69, 9.17) is 0 Å². The van der Waals surface area contributed by atoms with E-state index in [1.165, 1.54) is 51.6 Å². The second-order valence-electron chi connectivity index (χ2n) is 8.49. The summed E-state index contributed by atoms with van der Waals surface area (Å²) in [7, 11) is 0. The highest BCUT2D eigenvalue weighted by atomic mass is 15.2. The molecule has 2 nitrogen and oxygen atoms in total. The lowest BCUT2D eigenvalue weighted by atomic mass is 9.86. The molecule has 0 aliphatic heterocycles. The first-order valence-electron chi connectivity index (χ1n) is 9.32. The van der Waals surface area contributed by atoms with Crippen molar-refractivity contribution < 1.29 is 0 Å². The molecule has 1 saturated carbocycles. The topological polar surface area (TPSA) is 15.3 Å². The molecule has 0 saturated heterocycles. The average Bonchev–Trinajstić information content (AvgIpc) is 2.90. The highest BCUT2D eigenvalue weighted by Crippen LogP contribution is 2.27. The molecule has 0 radical (unpaired) electrons. The smallest absolute Gasteiger partial charge is 0.0243 e. The second-order valence-corrected chi connectivity index (χ2v) is 8.49. The fraction of sp³-hybridized carbons (Fsp3) is 1.00. The Morgan fingerprint density at radius 1 is 1.14 bits per heavy atom. The Morgan fingerprint density at radius 3 is 2.24 bits per heavy atom. The molecular weight excluding hydrogens is 256 g/mol. The average molecular weight is 297 g/mol. The third-order valence-corrected chi connectivity index (χ3v) is 4.94. The van der Waals surface area contributed by atoms with Crippen LogP contribution in [0.5, 0.6) is 0 Å². The number of hydrogen-bond donors (Lipinski definition) is 1. The summed E-state index contributed by atoms with van der Waals surface area (Å²) in [5.74, 6) is 0.811. The van der Waals surface area contributed by atoms with Gasteiger partial charge in [0.05, 0.1) is 0 Å². The summed E-state index contributed by atoms with van der Waals surface area (Å²) in [6.45, 7) is 17.8. The van der Waals surface area contributed by atoms with Gasteiger partial charge in [-0.3, -0.25) is 4.90 Å². The van der Waals surface area contributed by atoms with E-state index in [1.807, 2.05) is 0 Å². The molecule has 1 atom stereocenters. The van der Waals surface area contributed by atoms with Crippen LogP contribution in [0, 0.1) is 11.3 Å². The maximum absolute atomic E-state index is 3.81. The Labute approximate surface area is 134 Å². The lowest BCUT2D eigenvalue weighted by Gasteiger charge is -2.39. The second kappa shape index (κ2) is 9.15. The van der Waals surface area contributed by atoms with Crippen molar-refractivity contribution in [3.63, 3.8) is 0 Å². The molecule has 1 unspecified atom stereocenters. The minimum Gasteiger partial charge on any atom is -0.312 e. The van der Waals surface area contributed by atoms with E-state index in [0.717, 1.165) is 18.5 Å². The van der Waals surface area contributed by atoms with Gasteiger partial charge in [-0.1, -0.05) is 54.4 Å². The molecule has 126 valence electrons. The molecule has 0 bridgehead atoms. The lowest BCUT2D eigenvalue weighted by molar-refractivity contribution is 0.128. The Balaban J connectivity index is 2.65. The van der Waals surface area contributed by atoms with E-state index < -0.39 is 0 Å². The number of rotatable bonds is 9. The van der Waals surface area contributed by atoms with Gasteiger partial charge in [-0.05, 0) is 50.1 Å². The van der Waals surface area contributed by atoms with Crippen LogP contribution in [0.25, 0.3) is 0 Å². The first-order valence-corrected chi connectivity index (χ1v) is 9.32. The first kappa shape index (κ1) is 19.0. The maximum Gasteiger partial charge on any atom is 0.0243 e. The minimum atomic E-state index is 0.337. The molecule has 0 amide bonds. The fourth-order valence-electron chi connectivity index (χ4n) is 3.31. The Bertz CT molecular complexity index is 261. The van der Waals surface area contributed by atoms with Crippen molar-refractivity contribution in [1.29, 1.82) is 0 Å². The maximum atomic E-state index is 3.81. The van der Waals surface area contributed by atoms with Crippen LogP contribution >= 0.6 is 0 Å². The van der Waals surface area contributed by atoms with Crippen LogP contribution in [-0.4, -0.2) is 36.6 Å². The summed E-state index contributed by atoms with van der Waals surface area (Å²) in [4.78, 5) is 2.81. The van der Waals surface area contributed by atoms with Crippen molar-refractivity contribution >= 4 is 0 Å². The van der Waals surface area contributed by atoms with Gasteiger partial charge >= 0.3 is 0 Å². The Hall–Kier alpha value is -0.0800.